The first kappa shape index (κ1) is 15.3. The summed E-state index contributed by atoms with van der Waals surface area (Å²) in [7, 11) is 0. The minimum absolute atomic E-state index is 0.0529. The van der Waals surface area contributed by atoms with Crippen molar-refractivity contribution in [2.24, 2.45) is 0 Å². The second-order valence-corrected chi connectivity index (χ2v) is 7.23. The molecule has 0 fully saturated rings. The second kappa shape index (κ2) is 5.71. The van der Waals surface area contributed by atoms with Gasteiger partial charge in [-0.15, -0.1) is 0 Å². The maximum Gasteiger partial charge on any atom is 0.259 e. The Labute approximate surface area is 149 Å². The summed E-state index contributed by atoms with van der Waals surface area (Å²) < 4.78 is 1.05. The van der Waals surface area contributed by atoms with E-state index in [0.717, 1.165) is 50.8 Å². The van der Waals surface area contributed by atoms with Gasteiger partial charge in [0.15, 0.2) is 0 Å². The first-order valence-corrected chi connectivity index (χ1v) is 8.80. The van der Waals surface area contributed by atoms with Crippen LogP contribution < -0.4 is 4.90 Å². The molecule has 1 aliphatic heterocycles. The number of hydrogen-bond acceptors (Lipinski definition) is 2. The zero-order valence-electron chi connectivity index (χ0n) is 13.6. The minimum atomic E-state index is 0.0529. The summed E-state index contributed by atoms with van der Waals surface area (Å²) in [6, 6.07) is 14.1. The van der Waals surface area contributed by atoms with E-state index in [1.165, 1.54) is 5.56 Å². The fourth-order valence-electron chi connectivity index (χ4n) is 3.38. The third kappa shape index (κ3) is 2.51. The van der Waals surface area contributed by atoms with E-state index in [1.54, 1.807) is 0 Å². The number of halogens is 1. The highest BCUT2D eigenvalue weighted by Crippen LogP contribution is 2.32. The Morgan fingerprint density at radius 1 is 1.12 bits per heavy atom. The molecule has 3 nitrogen and oxygen atoms in total. The Morgan fingerprint density at radius 3 is 2.79 bits per heavy atom. The van der Waals surface area contributed by atoms with Gasteiger partial charge in [-0.25, -0.2) is 0 Å². The topological polar surface area (TPSA) is 33.2 Å². The number of amides is 1. The number of carbonyl (C=O) groups excluding carboxylic acids is 1. The number of aryl methyl sites for hydroxylation is 2. The molecule has 0 radical (unpaired) electrons. The molecule has 2 heterocycles. The lowest BCUT2D eigenvalue weighted by molar-refractivity contribution is 0.0991. The molecule has 0 atom stereocenters. The molecule has 0 aliphatic carbocycles. The largest absolute Gasteiger partial charge is 0.308 e. The molecule has 1 aliphatic rings. The minimum Gasteiger partial charge on any atom is -0.308 e. The van der Waals surface area contributed by atoms with E-state index in [4.69, 9.17) is 0 Å². The van der Waals surface area contributed by atoms with Crippen molar-refractivity contribution in [1.82, 2.24) is 4.98 Å². The van der Waals surface area contributed by atoms with Crippen molar-refractivity contribution in [3.05, 3.63) is 69.3 Å². The van der Waals surface area contributed by atoms with Gasteiger partial charge in [0, 0.05) is 27.8 Å². The Bertz CT molecular complexity index is 981. The molecule has 24 heavy (non-hydrogen) atoms. The van der Waals surface area contributed by atoms with E-state index < -0.39 is 0 Å². The number of carbonyl (C=O) groups is 1. The lowest BCUT2D eigenvalue weighted by Crippen LogP contribution is -2.29. The van der Waals surface area contributed by atoms with Crippen molar-refractivity contribution in [2.75, 3.05) is 11.4 Å². The summed E-state index contributed by atoms with van der Waals surface area (Å²) in [4.78, 5) is 19.7. The van der Waals surface area contributed by atoms with Gasteiger partial charge in [-0.1, -0.05) is 27.6 Å². The third-order valence-electron chi connectivity index (χ3n) is 4.50. The molecule has 0 spiro atoms. The number of aromatic nitrogens is 1. The van der Waals surface area contributed by atoms with E-state index in [9.17, 15) is 4.79 Å². The molecule has 0 unspecified atom stereocenters. The number of benzene rings is 2. The van der Waals surface area contributed by atoms with Crippen LogP contribution in [0.1, 0.15) is 27.2 Å². The van der Waals surface area contributed by atoms with Gasteiger partial charge in [-0.3, -0.25) is 9.78 Å². The van der Waals surface area contributed by atoms with Crippen LogP contribution in [-0.4, -0.2) is 17.4 Å². The van der Waals surface area contributed by atoms with Crippen LogP contribution >= 0.6 is 15.9 Å². The normalized spacial score (nSPS) is 13.4. The SMILES string of the molecule is Cc1ccc2nc(C)cc(C(=O)N3CCc4cc(Br)ccc43)c2c1. The maximum absolute atomic E-state index is 13.3. The molecular formula is C20H17BrN2O. The Morgan fingerprint density at radius 2 is 1.96 bits per heavy atom. The molecule has 1 amide bonds. The zero-order chi connectivity index (χ0) is 16.8. The van der Waals surface area contributed by atoms with Crippen LogP contribution in [-0.2, 0) is 6.42 Å². The van der Waals surface area contributed by atoms with E-state index in [0.29, 0.717) is 0 Å². The fraction of sp³-hybridized carbons (Fsp3) is 0.200. The summed E-state index contributed by atoms with van der Waals surface area (Å²) in [5.41, 5.74) is 5.83. The van der Waals surface area contributed by atoms with Gasteiger partial charge in [0.2, 0.25) is 0 Å². The van der Waals surface area contributed by atoms with Gasteiger partial charge in [0.25, 0.3) is 5.91 Å². The van der Waals surface area contributed by atoms with Crippen molar-refractivity contribution in [3.63, 3.8) is 0 Å². The molecule has 1 aromatic heterocycles. The second-order valence-electron chi connectivity index (χ2n) is 6.31. The lowest BCUT2D eigenvalue weighted by atomic mass is 10.0. The van der Waals surface area contributed by atoms with Crippen molar-refractivity contribution in [3.8, 4) is 0 Å². The maximum atomic E-state index is 13.3. The Balaban J connectivity index is 1.84. The number of anilines is 1. The van der Waals surface area contributed by atoms with Gasteiger partial charge >= 0.3 is 0 Å². The molecule has 2 aromatic carbocycles. The monoisotopic (exact) mass is 380 g/mol. The lowest BCUT2D eigenvalue weighted by Gasteiger charge is -2.19. The van der Waals surface area contributed by atoms with E-state index >= 15 is 0 Å². The predicted molar refractivity (Wildman–Crippen MR) is 101 cm³/mol. The number of fused-ring (bicyclic) bond motifs is 2. The number of hydrogen-bond donors (Lipinski definition) is 0. The first-order chi connectivity index (χ1) is 11.5. The summed E-state index contributed by atoms with van der Waals surface area (Å²) in [5, 5.41) is 0.927. The molecular weight excluding hydrogens is 364 g/mol. The van der Waals surface area contributed by atoms with Gasteiger partial charge in [0.1, 0.15) is 0 Å². The fourth-order valence-corrected chi connectivity index (χ4v) is 3.78. The van der Waals surface area contributed by atoms with Gasteiger partial charge in [-0.05, 0) is 62.2 Å². The van der Waals surface area contributed by atoms with Crippen molar-refractivity contribution in [1.29, 1.82) is 0 Å². The first-order valence-electron chi connectivity index (χ1n) is 8.01. The number of nitrogens with zero attached hydrogens (tertiary/aromatic N) is 2. The molecule has 3 aromatic rings. The smallest absolute Gasteiger partial charge is 0.259 e. The van der Waals surface area contributed by atoms with E-state index in [2.05, 4.69) is 27.0 Å². The average molecular weight is 381 g/mol. The van der Waals surface area contributed by atoms with E-state index in [1.807, 2.05) is 55.1 Å². The van der Waals surface area contributed by atoms with Crippen LogP contribution in [0.2, 0.25) is 0 Å². The number of pyridine rings is 1. The molecule has 4 rings (SSSR count). The van der Waals surface area contributed by atoms with E-state index in [-0.39, 0.29) is 5.91 Å². The summed E-state index contributed by atoms with van der Waals surface area (Å²) in [6.45, 7) is 4.70. The van der Waals surface area contributed by atoms with Gasteiger partial charge in [0.05, 0.1) is 11.1 Å². The van der Waals surface area contributed by atoms with Crippen LogP contribution in [0, 0.1) is 13.8 Å². The van der Waals surface area contributed by atoms with Gasteiger partial charge < -0.3 is 4.90 Å². The van der Waals surface area contributed by atoms with Gasteiger partial charge in [-0.2, -0.15) is 0 Å². The molecule has 0 bridgehead atoms. The van der Waals surface area contributed by atoms with Crippen molar-refractivity contribution >= 4 is 38.4 Å². The summed E-state index contributed by atoms with van der Waals surface area (Å²) in [6.07, 6.45) is 0.890. The molecule has 0 saturated heterocycles. The van der Waals surface area contributed by atoms with Crippen molar-refractivity contribution < 1.29 is 4.79 Å². The number of rotatable bonds is 1. The highest BCUT2D eigenvalue weighted by atomic mass is 79.9. The summed E-state index contributed by atoms with van der Waals surface area (Å²) in [5.74, 6) is 0.0529. The Kier molecular flexibility index (Phi) is 3.65. The van der Waals surface area contributed by atoms with Crippen LogP contribution in [0.15, 0.2) is 46.9 Å². The summed E-state index contributed by atoms with van der Waals surface area (Å²) >= 11 is 3.51. The third-order valence-corrected chi connectivity index (χ3v) is 5.00. The van der Waals surface area contributed by atoms with Crippen LogP contribution in [0.25, 0.3) is 10.9 Å². The molecule has 4 heteroatoms. The standard InChI is InChI=1S/C20H17BrN2O/c1-12-3-5-18-16(9-12)17(10-13(2)22-18)20(24)23-8-7-14-11-15(21)4-6-19(14)23/h3-6,9-11H,7-8H2,1-2H3. The van der Waals surface area contributed by atoms with Crippen molar-refractivity contribution in [2.45, 2.75) is 20.3 Å². The predicted octanol–water partition coefficient (Wildman–Crippen LogP) is 4.82. The highest BCUT2D eigenvalue weighted by Gasteiger charge is 2.27. The van der Waals surface area contributed by atoms with Crippen LogP contribution in [0.5, 0.6) is 0 Å². The molecule has 0 N–H and O–H groups in total. The Hall–Kier alpha value is -2.20. The zero-order valence-corrected chi connectivity index (χ0v) is 15.2. The van der Waals surface area contributed by atoms with Crippen LogP contribution in [0.3, 0.4) is 0 Å². The quantitative estimate of drug-likeness (QED) is 0.606. The molecule has 120 valence electrons. The average Bonchev–Trinajstić information content (AvgIpc) is 2.96. The van der Waals surface area contributed by atoms with Crippen LogP contribution in [0.4, 0.5) is 5.69 Å². The molecule has 0 saturated carbocycles. The highest BCUT2D eigenvalue weighted by molar-refractivity contribution is 9.10.